The van der Waals surface area contributed by atoms with Crippen LogP contribution in [0.1, 0.15) is 15.9 Å². The van der Waals surface area contributed by atoms with Crippen LogP contribution in [0.3, 0.4) is 0 Å². The van der Waals surface area contributed by atoms with E-state index in [1.807, 2.05) is 24.3 Å². The van der Waals surface area contributed by atoms with E-state index in [4.69, 9.17) is 11.6 Å². The molecule has 0 aliphatic heterocycles. The topological polar surface area (TPSA) is 29.1 Å². The van der Waals surface area contributed by atoms with E-state index in [9.17, 15) is 4.79 Å². The van der Waals surface area contributed by atoms with Gasteiger partial charge in [-0.3, -0.25) is 4.79 Å². The molecule has 2 nitrogen and oxygen atoms in total. The maximum Gasteiger partial charge on any atom is 0.252 e. The molecule has 0 aliphatic carbocycles. The first-order chi connectivity index (χ1) is 9.06. The van der Waals surface area contributed by atoms with Crippen molar-refractivity contribution in [3.8, 4) is 0 Å². The average molecular weight is 404 g/mol. The van der Waals surface area contributed by atoms with E-state index in [0.29, 0.717) is 17.1 Å². The van der Waals surface area contributed by atoms with Gasteiger partial charge in [-0.1, -0.05) is 39.7 Å². The van der Waals surface area contributed by atoms with Crippen molar-refractivity contribution in [2.24, 2.45) is 0 Å². The zero-order valence-electron chi connectivity index (χ0n) is 9.79. The Morgan fingerprint density at radius 2 is 1.95 bits per heavy atom. The SMILES string of the molecule is O=C(NCc1cccc(Br)c1)c1cc(Cl)ccc1Br. The lowest BCUT2D eigenvalue weighted by atomic mass is 10.2. The summed E-state index contributed by atoms with van der Waals surface area (Å²) in [5, 5.41) is 3.40. The van der Waals surface area contributed by atoms with Gasteiger partial charge in [-0.05, 0) is 51.8 Å². The summed E-state index contributed by atoms with van der Waals surface area (Å²) in [5.74, 6) is -0.158. The van der Waals surface area contributed by atoms with Crippen LogP contribution in [0, 0.1) is 0 Å². The maximum absolute atomic E-state index is 12.1. The standard InChI is InChI=1S/C14H10Br2ClNO/c15-10-3-1-2-9(6-10)8-18-14(19)12-7-11(17)4-5-13(12)16/h1-7H,8H2,(H,18,19). The van der Waals surface area contributed by atoms with Crippen molar-refractivity contribution in [3.63, 3.8) is 0 Å². The molecule has 0 aliphatic rings. The molecule has 2 aromatic rings. The van der Waals surface area contributed by atoms with Crippen molar-refractivity contribution in [1.82, 2.24) is 5.32 Å². The molecule has 2 aromatic carbocycles. The smallest absolute Gasteiger partial charge is 0.252 e. The van der Waals surface area contributed by atoms with Crippen molar-refractivity contribution in [3.05, 3.63) is 67.6 Å². The Kier molecular flexibility index (Phi) is 5.02. The van der Waals surface area contributed by atoms with Crippen LogP contribution in [0.15, 0.2) is 51.4 Å². The molecule has 1 amide bonds. The Balaban J connectivity index is 2.07. The first-order valence-corrected chi connectivity index (χ1v) is 7.50. The largest absolute Gasteiger partial charge is 0.348 e. The minimum Gasteiger partial charge on any atom is -0.348 e. The van der Waals surface area contributed by atoms with E-state index in [-0.39, 0.29) is 5.91 Å². The van der Waals surface area contributed by atoms with Crippen LogP contribution < -0.4 is 5.32 Å². The van der Waals surface area contributed by atoms with E-state index in [1.165, 1.54) is 0 Å². The third kappa shape index (κ3) is 4.06. The molecule has 0 unspecified atom stereocenters. The molecule has 0 heterocycles. The predicted molar refractivity (Wildman–Crippen MR) is 84.5 cm³/mol. The molecule has 0 fully saturated rings. The Bertz CT molecular complexity index is 616. The number of benzene rings is 2. The third-order valence-corrected chi connectivity index (χ3v) is 3.93. The highest BCUT2D eigenvalue weighted by Crippen LogP contribution is 2.21. The molecule has 0 atom stereocenters. The maximum atomic E-state index is 12.1. The average Bonchev–Trinajstić information content (AvgIpc) is 2.39. The number of carbonyl (C=O) groups excluding carboxylic acids is 1. The fourth-order valence-electron chi connectivity index (χ4n) is 1.60. The highest BCUT2D eigenvalue weighted by molar-refractivity contribution is 9.10. The van der Waals surface area contributed by atoms with Crippen molar-refractivity contribution in [2.45, 2.75) is 6.54 Å². The number of hydrogen-bond donors (Lipinski definition) is 1. The quantitative estimate of drug-likeness (QED) is 0.784. The number of nitrogens with one attached hydrogen (secondary N) is 1. The summed E-state index contributed by atoms with van der Waals surface area (Å²) < 4.78 is 1.71. The lowest BCUT2D eigenvalue weighted by Crippen LogP contribution is -2.23. The second kappa shape index (κ2) is 6.55. The van der Waals surface area contributed by atoms with Crippen molar-refractivity contribution in [2.75, 3.05) is 0 Å². The van der Waals surface area contributed by atoms with Gasteiger partial charge in [-0.15, -0.1) is 0 Å². The van der Waals surface area contributed by atoms with Gasteiger partial charge in [0.15, 0.2) is 0 Å². The third-order valence-electron chi connectivity index (χ3n) is 2.52. The first-order valence-electron chi connectivity index (χ1n) is 5.54. The van der Waals surface area contributed by atoms with Crippen LogP contribution in [0.4, 0.5) is 0 Å². The highest BCUT2D eigenvalue weighted by atomic mass is 79.9. The molecule has 0 aromatic heterocycles. The van der Waals surface area contributed by atoms with Crippen LogP contribution in [0.5, 0.6) is 0 Å². The molecular weight excluding hydrogens is 393 g/mol. The van der Waals surface area contributed by atoms with Crippen LogP contribution in [-0.4, -0.2) is 5.91 Å². The van der Waals surface area contributed by atoms with Gasteiger partial charge in [0.1, 0.15) is 0 Å². The Hall–Kier alpha value is -0.840. The van der Waals surface area contributed by atoms with Crippen LogP contribution in [0.2, 0.25) is 5.02 Å². The summed E-state index contributed by atoms with van der Waals surface area (Å²) in [6.07, 6.45) is 0. The van der Waals surface area contributed by atoms with Crippen molar-refractivity contribution >= 4 is 49.4 Å². The second-order valence-electron chi connectivity index (χ2n) is 3.94. The van der Waals surface area contributed by atoms with Gasteiger partial charge in [-0.2, -0.15) is 0 Å². The highest BCUT2D eigenvalue weighted by Gasteiger charge is 2.10. The van der Waals surface area contributed by atoms with Gasteiger partial charge in [0.05, 0.1) is 5.56 Å². The van der Waals surface area contributed by atoms with Gasteiger partial charge in [0, 0.05) is 20.5 Å². The molecular formula is C14H10Br2ClNO. The Morgan fingerprint density at radius 3 is 2.68 bits per heavy atom. The number of halogens is 3. The first kappa shape index (κ1) is 14.6. The van der Waals surface area contributed by atoms with Crippen molar-refractivity contribution < 1.29 is 4.79 Å². The van der Waals surface area contributed by atoms with E-state index in [0.717, 1.165) is 14.5 Å². The fourth-order valence-corrected chi connectivity index (χ4v) is 2.64. The van der Waals surface area contributed by atoms with Gasteiger partial charge < -0.3 is 5.32 Å². The lowest BCUT2D eigenvalue weighted by molar-refractivity contribution is 0.0950. The molecule has 0 radical (unpaired) electrons. The molecule has 2 rings (SSSR count). The van der Waals surface area contributed by atoms with Crippen LogP contribution >= 0.6 is 43.5 Å². The summed E-state index contributed by atoms with van der Waals surface area (Å²) in [6, 6.07) is 12.9. The minimum atomic E-state index is -0.158. The lowest BCUT2D eigenvalue weighted by Gasteiger charge is -2.07. The van der Waals surface area contributed by atoms with Crippen molar-refractivity contribution in [1.29, 1.82) is 0 Å². The zero-order chi connectivity index (χ0) is 13.8. The summed E-state index contributed by atoms with van der Waals surface area (Å²) in [6.45, 7) is 0.469. The van der Waals surface area contributed by atoms with Gasteiger partial charge in [0.25, 0.3) is 5.91 Å². The normalized spacial score (nSPS) is 10.3. The molecule has 0 bridgehead atoms. The fraction of sp³-hybridized carbons (Fsp3) is 0.0714. The predicted octanol–water partition coefficient (Wildman–Crippen LogP) is 4.80. The summed E-state index contributed by atoms with van der Waals surface area (Å²) in [5.41, 5.74) is 1.56. The van der Waals surface area contributed by atoms with E-state index < -0.39 is 0 Å². The molecule has 5 heteroatoms. The van der Waals surface area contributed by atoms with Gasteiger partial charge in [0.2, 0.25) is 0 Å². The molecule has 98 valence electrons. The zero-order valence-corrected chi connectivity index (χ0v) is 13.7. The Morgan fingerprint density at radius 1 is 1.16 bits per heavy atom. The Labute approximate surface area is 133 Å². The number of amides is 1. The number of hydrogen-bond acceptors (Lipinski definition) is 1. The van der Waals surface area contributed by atoms with E-state index >= 15 is 0 Å². The van der Waals surface area contributed by atoms with Gasteiger partial charge >= 0.3 is 0 Å². The summed E-state index contributed by atoms with van der Waals surface area (Å²) >= 11 is 12.6. The van der Waals surface area contributed by atoms with E-state index in [1.54, 1.807) is 18.2 Å². The number of rotatable bonds is 3. The monoisotopic (exact) mass is 401 g/mol. The van der Waals surface area contributed by atoms with Crippen LogP contribution in [0.25, 0.3) is 0 Å². The molecule has 0 spiro atoms. The van der Waals surface area contributed by atoms with Gasteiger partial charge in [-0.25, -0.2) is 0 Å². The molecule has 0 saturated carbocycles. The number of carbonyl (C=O) groups is 1. The molecule has 0 saturated heterocycles. The van der Waals surface area contributed by atoms with E-state index in [2.05, 4.69) is 37.2 Å². The van der Waals surface area contributed by atoms with Crippen LogP contribution in [-0.2, 0) is 6.54 Å². The summed E-state index contributed by atoms with van der Waals surface area (Å²) in [4.78, 5) is 12.1. The summed E-state index contributed by atoms with van der Waals surface area (Å²) in [7, 11) is 0. The molecule has 1 N–H and O–H groups in total. The second-order valence-corrected chi connectivity index (χ2v) is 6.14. The minimum absolute atomic E-state index is 0.158. The molecule has 19 heavy (non-hydrogen) atoms.